The second kappa shape index (κ2) is 3.18. The summed E-state index contributed by atoms with van der Waals surface area (Å²) in [6.45, 7) is 0. The summed E-state index contributed by atoms with van der Waals surface area (Å²) in [6.07, 6.45) is 5.77. The largest absolute Gasteiger partial charge is 0.298 e. The molecule has 0 aromatic carbocycles. The molecule has 0 bridgehead atoms. The highest BCUT2D eigenvalue weighted by atomic mass is 16.1. The zero-order valence-corrected chi connectivity index (χ0v) is 6.77. The van der Waals surface area contributed by atoms with Crippen LogP contribution in [0.4, 0.5) is 0 Å². The van der Waals surface area contributed by atoms with Crippen molar-refractivity contribution in [1.29, 1.82) is 0 Å². The maximum absolute atomic E-state index is 10.7. The molecule has 64 valence electrons. The molecule has 0 saturated carbocycles. The summed E-state index contributed by atoms with van der Waals surface area (Å²) in [7, 11) is 0. The molecular formula is C9H7N3O. The fourth-order valence-electron chi connectivity index (χ4n) is 1.13. The lowest BCUT2D eigenvalue weighted by atomic mass is 10.1. The maximum Gasteiger partial charge on any atom is 0.152 e. The second-order valence-corrected chi connectivity index (χ2v) is 2.55. The van der Waals surface area contributed by atoms with Gasteiger partial charge in [0.25, 0.3) is 0 Å². The summed E-state index contributed by atoms with van der Waals surface area (Å²) in [5.41, 5.74) is 2.05. The van der Waals surface area contributed by atoms with Crippen LogP contribution in [0.3, 0.4) is 0 Å². The highest BCUT2D eigenvalue weighted by Crippen LogP contribution is 2.17. The van der Waals surface area contributed by atoms with E-state index in [-0.39, 0.29) is 0 Å². The van der Waals surface area contributed by atoms with Crippen LogP contribution in [0, 0.1) is 0 Å². The highest BCUT2D eigenvalue weighted by Gasteiger charge is 2.05. The van der Waals surface area contributed by atoms with Gasteiger partial charge in [-0.25, -0.2) is 0 Å². The molecule has 0 unspecified atom stereocenters. The first kappa shape index (κ1) is 7.67. The number of pyridine rings is 1. The third-order valence-corrected chi connectivity index (χ3v) is 1.74. The lowest BCUT2D eigenvalue weighted by molar-refractivity contribution is 0.112. The van der Waals surface area contributed by atoms with Crippen molar-refractivity contribution < 1.29 is 4.79 Å². The van der Waals surface area contributed by atoms with Crippen molar-refractivity contribution in [2.45, 2.75) is 0 Å². The Labute approximate surface area is 74.6 Å². The first-order chi connectivity index (χ1) is 6.42. The molecule has 0 atom stereocenters. The van der Waals surface area contributed by atoms with E-state index in [1.54, 1.807) is 30.7 Å². The van der Waals surface area contributed by atoms with E-state index in [0.29, 0.717) is 11.3 Å². The van der Waals surface area contributed by atoms with Gasteiger partial charge in [-0.05, 0) is 12.1 Å². The van der Waals surface area contributed by atoms with Crippen LogP contribution in [0.25, 0.3) is 11.3 Å². The minimum Gasteiger partial charge on any atom is -0.298 e. The Morgan fingerprint density at radius 3 is 3.08 bits per heavy atom. The van der Waals surface area contributed by atoms with Crippen LogP contribution in [-0.4, -0.2) is 21.5 Å². The van der Waals surface area contributed by atoms with E-state index < -0.39 is 0 Å². The van der Waals surface area contributed by atoms with Gasteiger partial charge in [0, 0.05) is 23.5 Å². The predicted molar refractivity (Wildman–Crippen MR) is 47.2 cm³/mol. The van der Waals surface area contributed by atoms with Crippen molar-refractivity contribution in [2.75, 3.05) is 0 Å². The van der Waals surface area contributed by atoms with Crippen LogP contribution in [0.1, 0.15) is 10.4 Å². The number of aldehydes is 1. The summed E-state index contributed by atoms with van der Waals surface area (Å²) < 4.78 is 0. The molecule has 0 spiro atoms. The Morgan fingerprint density at radius 2 is 2.38 bits per heavy atom. The van der Waals surface area contributed by atoms with E-state index >= 15 is 0 Å². The average molecular weight is 173 g/mol. The van der Waals surface area contributed by atoms with E-state index in [4.69, 9.17) is 0 Å². The molecule has 0 aliphatic carbocycles. The molecule has 2 aromatic heterocycles. The molecule has 13 heavy (non-hydrogen) atoms. The molecule has 2 heterocycles. The van der Waals surface area contributed by atoms with Gasteiger partial charge in [-0.2, -0.15) is 5.10 Å². The summed E-state index contributed by atoms with van der Waals surface area (Å²) in [5.74, 6) is 0. The summed E-state index contributed by atoms with van der Waals surface area (Å²) in [6, 6.07) is 3.45. The van der Waals surface area contributed by atoms with Crippen molar-refractivity contribution in [3.8, 4) is 11.3 Å². The Kier molecular flexibility index (Phi) is 1.88. The standard InChI is InChI=1S/C9H7N3O/c13-6-7-2-1-3-10-9(7)8-4-11-12-5-8/h1-6H,(H,11,12). The van der Waals surface area contributed by atoms with Crippen LogP contribution in [-0.2, 0) is 0 Å². The quantitative estimate of drug-likeness (QED) is 0.696. The molecule has 4 heteroatoms. The van der Waals surface area contributed by atoms with Gasteiger partial charge in [-0.15, -0.1) is 0 Å². The number of carbonyl (C=O) groups is 1. The molecule has 4 nitrogen and oxygen atoms in total. The molecule has 0 fully saturated rings. The Morgan fingerprint density at radius 1 is 1.46 bits per heavy atom. The SMILES string of the molecule is O=Cc1cccnc1-c1cn[nH]c1. The van der Waals surface area contributed by atoms with Crippen molar-refractivity contribution in [3.63, 3.8) is 0 Å². The molecule has 0 aliphatic heterocycles. The number of nitrogens with one attached hydrogen (secondary N) is 1. The third kappa shape index (κ3) is 1.33. The minimum atomic E-state index is 0.573. The van der Waals surface area contributed by atoms with Gasteiger partial charge in [0.15, 0.2) is 6.29 Å². The van der Waals surface area contributed by atoms with E-state index in [9.17, 15) is 4.79 Å². The Hall–Kier alpha value is -1.97. The number of rotatable bonds is 2. The normalized spacial score (nSPS) is 9.85. The topological polar surface area (TPSA) is 58.6 Å². The van der Waals surface area contributed by atoms with Crippen molar-refractivity contribution in [2.24, 2.45) is 0 Å². The fourth-order valence-corrected chi connectivity index (χ4v) is 1.13. The van der Waals surface area contributed by atoms with E-state index in [0.717, 1.165) is 11.8 Å². The summed E-state index contributed by atoms with van der Waals surface area (Å²) in [4.78, 5) is 14.8. The lowest BCUT2D eigenvalue weighted by Gasteiger charge is -1.97. The van der Waals surface area contributed by atoms with Crippen molar-refractivity contribution in [1.82, 2.24) is 15.2 Å². The van der Waals surface area contributed by atoms with Gasteiger partial charge in [0.05, 0.1) is 11.9 Å². The van der Waals surface area contributed by atoms with E-state index in [1.165, 1.54) is 0 Å². The van der Waals surface area contributed by atoms with Crippen LogP contribution in [0.5, 0.6) is 0 Å². The van der Waals surface area contributed by atoms with E-state index in [1.807, 2.05) is 0 Å². The number of H-pyrrole nitrogens is 1. The van der Waals surface area contributed by atoms with E-state index in [2.05, 4.69) is 15.2 Å². The first-order valence-corrected chi connectivity index (χ1v) is 3.81. The van der Waals surface area contributed by atoms with Gasteiger partial charge in [0.1, 0.15) is 0 Å². The highest BCUT2D eigenvalue weighted by molar-refractivity contribution is 5.85. The molecule has 0 aliphatic rings. The molecule has 0 radical (unpaired) electrons. The average Bonchev–Trinajstić information content (AvgIpc) is 2.70. The number of aromatic amines is 1. The predicted octanol–water partition coefficient (Wildman–Crippen LogP) is 1.28. The van der Waals surface area contributed by atoms with Crippen LogP contribution < -0.4 is 0 Å². The zero-order chi connectivity index (χ0) is 9.10. The number of carbonyl (C=O) groups excluding carboxylic acids is 1. The molecule has 2 rings (SSSR count). The first-order valence-electron chi connectivity index (χ1n) is 3.81. The van der Waals surface area contributed by atoms with Gasteiger partial charge in [0.2, 0.25) is 0 Å². The molecule has 0 amide bonds. The monoisotopic (exact) mass is 173 g/mol. The molecule has 1 N–H and O–H groups in total. The van der Waals surface area contributed by atoms with Crippen molar-refractivity contribution >= 4 is 6.29 Å². The Balaban J connectivity index is 2.57. The number of hydrogen-bond acceptors (Lipinski definition) is 3. The summed E-state index contributed by atoms with van der Waals surface area (Å²) in [5, 5.41) is 6.47. The summed E-state index contributed by atoms with van der Waals surface area (Å²) >= 11 is 0. The zero-order valence-electron chi connectivity index (χ0n) is 6.77. The van der Waals surface area contributed by atoms with Crippen LogP contribution >= 0.6 is 0 Å². The van der Waals surface area contributed by atoms with Crippen molar-refractivity contribution in [3.05, 3.63) is 36.3 Å². The van der Waals surface area contributed by atoms with Crippen LogP contribution in [0.15, 0.2) is 30.7 Å². The second-order valence-electron chi connectivity index (χ2n) is 2.55. The number of hydrogen-bond donors (Lipinski definition) is 1. The fraction of sp³-hybridized carbons (Fsp3) is 0. The Bertz CT molecular complexity index is 409. The lowest BCUT2D eigenvalue weighted by Crippen LogP contribution is -1.88. The van der Waals surface area contributed by atoms with Gasteiger partial charge in [-0.3, -0.25) is 14.9 Å². The smallest absolute Gasteiger partial charge is 0.152 e. The third-order valence-electron chi connectivity index (χ3n) is 1.74. The van der Waals surface area contributed by atoms with Gasteiger partial charge < -0.3 is 0 Å². The maximum atomic E-state index is 10.7. The van der Waals surface area contributed by atoms with Gasteiger partial charge in [-0.1, -0.05) is 0 Å². The molecular weight excluding hydrogens is 166 g/mol. The molecule has 0 saturated heterocycles. The van der Waals surface area contributed by atoms with Gasteiger partial charge >= 0.3 is 0 Å². The molecule has 2 aromatic rings. The van der Waals surface area contributed by atoms with Crippen LogP contribution in [0.2, 0.25) is 0 Å². The minimum absolute atomic E-state index is 0.573. The number of aromatic nitrogens is 3. The number of nitrogens with zero attached hydrogens (tertiary/aromatic N) is 2.